The molecule has 100 valence electrons. The number of rotatable bonds is 4. The van der Waals surface area contributed by atoms with Gasteiger partial charge in [0.1, 0.15) is 5.78 Å². The molecule has 1 rings (SSSR count). The van der Waals surface area contributed by atoms with E-state index in [1.807, 2.05) is 6.07 Å². The lowest BCUT2D eigenvalue weighted by molar-refractivity contribution is -0.120. The number of Topliss-reactive ketones (excluding diaryl/α,β-unsaturated/α-hetero) is 1. The van der Waals surface area contributed by atoms with Crippen LogP contribution in [0.5, 0.6) is 0 Å². The van der Waals surface area contributed by atoms with E-state index in [0.29, 0.717) is 28.8 Å². The van der Waals surface area contributed by atoms with Crippen LogP contribution in [0.25, 0.3) is 0 Å². The van der Waals surface area contributed by atoms with E-state index in [4.69, 9.17) is 23.2 Å². The molecule has 1 unspecified atom stereocenters. The van der Waals surface area contributed by atoms with Crippen LogP contribution >= 0.6 is 23.2 Å². The molecule has 0 aliphatic heterocycles. The van der Waals surface area contributed by atoms with Crippen LogP contribution in [0.1, 0.15) is 39.7 Å². The molecule has 0 saturated heterocycles. The molecular formula is C15H20Cl2O. The zero-order valence-electron chi connectivity index (χ0n) is 11.4. The Balaban J connectivity index is 2.65. The molecule has 3 heteroatoms. The first-order valence-electron chi connectivity index (χ1n) is 6.16. The quantitative estimate of drug-likeness (QED) is 0.746. The fourth-order valence-electron chi connectivity index (χ4n) is 1.60. The summed E-state index contributed by atoms with van der Waals surface area (Å²) < 4.78 is 0. The topological polar surface area (TPSA) is 17.1 Å². The molecule has 0 aliphatic carbocycles. The van der Waals surface area contributed by atoms with Crippen LogP contribution in [-0.2, 0) is 11.2 Å². The summed E-state index contributed by atoms with van der Waals surface area (Å²) in [6, 6.07) is 5.27. The second-order valence-corrected chi connectivity index (χ2v) is 6.77. The van der Waals surface area contributed by atoms with Crippen molar-refractivity contribution in [2.24, 2.45) is 11.3 Å². The van der Waals surface area contributed by atoms with Gasteiger partial charge in [0.2, 0.25) is 0 Å². The third-order valence-corrected chi connectivity index (χ3v) is 4.00. The van der Waals surface area contributed by atoms with E-state index in [9.17, 15) is 4.79 Å². The molecule has 0 aromatic heterocycles. The Morgan fingerprint density at radius 2 is 1.89 bits per heavy atom. The number of halogens is 2. The van der Waals surface area contributed by atoms with Crippen molar-refractivity contribution in [2.75, 3.05) is 0 Å². The Bertz CT molecular complexity index is 433. The van der Waals surface area contributed by atoms with E-state index >= 15 is 0 Å². The molecule has 18 heavy (non-hydrogen) atoms. The zero-order valence-corrected chi connectivity index (χ0v) is 12.9. The average molecular weight is 287 g/mol. The van der Waals surface area contributed by atoms with E-state index < -0.39 is 0 Å². The molecular weight excluding hydrogens is 267 g/mol. The van der Waals surface area contributed by atoms with Gasteiger partial charge < -0.3 is 0 Å². The van der Waals surface area contributed by atoms with Crippen LogP contribution in [0.3, 0.4) is 0 Å². The highest BCUT2D eigenvalue weighted by atomic mass is 35.5. The van der Waals surface area contributed by atoms with Crippen LogP contribution in [0, 0.1) is 11.3 Å². The highest BCUT2D eigenvalue weighted by Crippen LogP contribution is 2.29. The molecule has 0 N–H and O–H groups in total. The molecule has 0 saturated carbocycles. The number of ketones is 1. The number of carbonyl (C=O) groups is 1. The summed E-state index contributed by atoms with van der Waals surface area (Å²) >= 11 is 11.9. The van der Waals surface area contributed by atoms with Gasteiger partial charge in [0.15, 0.2) is 0 Å². The van der Waals surface area contributed by atoms with Gasteiger partial charge in [-0.2, -0.15) is 0 Å². The monoisotopic (exact) mass is 286 g/mol. The first kappa shape index (κ1) is 15.5. The van der Waals surface area contributed by atoms with Crippen LogP contribution in [0.4, 0.5) is 0 Å². The van der Waals surface area contributed by atoms with Crippen LogP contribution in [-0.4, -0.2) is 5.78 Å². The number of carbonyl (C=O) groups excluding carboxylic acids is 1. The minimum Gasteiger partial charge on any atom is -0.299 e. The average Bonchev–Trinajstić information content (AvgIpc) is 2.20. The van der Waals surface area contributed by atoms with Gasteiger partial charge in [0.25, 0.3) is 0 Å². The second-order valence-electron chi connectivity index (χ2n) is 5.92. The van der Waals surface area contributed by atoms with Gasteiger partial charge in [0.05, 0.1) is 0 Å². The normalized spacial score (nSPS) is 13.4. The molecule has 1 aromatic rings. The molecule has 0 bridgehead atoms. The first-order chi connectivity index (χ1) is 8.20. The summed E-state index contributed by atoms with van der Waals surface area (Å²) in [5, 5.41) is 1.17. The summed E-state index contributed by atoms with van der Waals surface area (Å²) in [6.07, 6.45) is 0.971. The molecule has 0 aliphatic rings. The maximum Gasteiger partial charge on any atom is 0.137 e. The van der Waals surface area contributed by atoms with Crippen molar-refractivity contribution in [1.29, 1.82) is 0 Å². The van der Waals surface area contributed by atoms with Gasteiger partial charge in [-0.1, -0.05) is 57.0 Å². The fraction of sp³-hybridized carbons (Fsp3) is 0.533. The summed E-state index contributed by atoms with van der Waals surface area (Å²) in [7, 11) is 0. The summed E-state index contributed by atoms with van der Waals surface area (Å²) in [4.78, 5) is 12.0. The predicted octanol–water partition coefficient (Wildman–Crippen LogP) is 5.18. The minimum atomic E-state index is 0.152. The van der Waals surface area contributed by atoms with E-state index in [-0.39, 0.29) is 11.2 Å². The van der Waals surface area contributed by atoms with Gasteiger partial charge in [-0.25, -0.2) is 0 Å². The van der Waals surface area contributed by atoms with Crippen molar-refractivity contribution in [1.82, 2.24) is 0 Å². The molecule has 0 spiro atoms. The molecule has 1 nitrogen and oxygen atoms in total. The second kappa shape index (κ2) is 6.08. The predicted molar refractivity (Wildman–Crippen MR) is 78.4 cm³/mol. The maximum atomic E-state index is 12.0. The Morgan fingerprint density at radius 3 is 2.39 bits per heavy atom. The van der Waals surface area contributed by atoms with Gasteiger partial charge in [0, 0.05) is 22.9 Å². The standard InChI is InChI=1S/C15H20Cl2O/c1-10(15(2,3)4)7-13(18)8-11-5-6-12(16)9-14(11)17/h5-6,9-10H,7-8H2,1-4H3. The molecule has 1 aromatic carbocycles. The Hall–Kier alpha value is -0.530. The van der Waals surface area contributed by atoms with Gasteiger partial charge in [-0.05, 0) is 29.0 Å². The molecule has 0 radical (unpaired) electrons. The molecule has 0 amide bonds. The summed E-state index contributed by atoms with van der Waals surface area (Å²) in [5.74, 6) is 0.581. The van der Waals surface area contributed by atoms with E-state index in [1.54, 1.807) is 12.1 Å². The zero-order chi connectivity index (χ0) is 13.9. The fourth-order valence-corrected chi connectivity index (χ4v) is 2.07. The van der Waals surface area contributed by atoms with Crippen molar-refractivity contribution in [2.45, 2.75) is 40.5 Å². The SMILES string of the molecule is CC(CC(=O)Cc1ccc(Cl)cc1Cl)C(C)(C)C. The van der Waals surface area contributed by atoms with Gasteiger partial charge >= 0.3 is 0 Å². The Morgan fingerprint density at radius 1 is 1.28 bits per heavy atom. The van der Waals surface area contributed by atoms with Gasteiger partial charge in [-0.15, -0.1) is 0 Å². The largest absolute Gasteiger partial charge is 0.299 e. The third kappa shape index (κ3) is 4.62. The van der Waals surface area contributed by atoms with E-state index in [2.05, 4.69) is 27.7 Å². The number of hydrogen-bond donors (Lipinski definition) is 0. The molecule has 1 atom stereocenters. The number of hydrogen-bond acceptors (Lipinski definition) is 1. The smallest absolute Gasteiger partial charge is 0.137 e. The lowest BCUT2D eigenvalue weighted by Gasteiger charge is -2.26. The Labute approximate surface area is 119 Å². The Kier molecular flexibility index (Phi) is 5.24. The highest BCUT2D eigenvalue weighted by Gasteiger charge is 2.22. The van der Waals surface area contributed by atoms with Crippen LogP contribution in [0.2, 0.25) is 10.0 Å². The van der Waals surface area contributed by atoms with Crippen molar-refractivity contribution in [3.8, 4) is 0 Å². The first-order valence-corrected chi connectivity index (χ1v) is 6.91. The highest BCUT2D eigenvalue weighted by molar-refractivity contribution is 6.35. The minimum absolute atomic E-state index is 0.152. The maximum absolute atomic E-state index is 12.0. The van der Waals surface area contributed by atoms with Crippen molar-refractivity contribution in [3.63, 3.8) is 0 Å². The van der Waals surface area contributed by atoms with Crippen LogP contribution < -0.4 is 0 Å². The number of benzene rings is 1. The van der Waals surface area contributed by atoms with Gasteiger partial charge in [-0.3, -0.25) is 4.79 Å². The van der Waals surface area contributed by atoms with E-state index in [0.717, 1.165) is 5.56 Å². The van der Waals surface area contributed by atoms with E-state index in [1.165, 1.54) is 0 Å². The van der Waals surface area contributed by atoms with Crippen molar-refractivity contribution >= 4 is 29.0 Å². The lowest BCUT2D eigenvalue weighted by Crippen LogP contribution is -2.21. The van der Waals surface area contributed by atoms with Crippen molar-refractivity contribution in [3.05, 3.63) is 33.8 Å². The van der Waals surface area contributed by atoms with Crippen LogP contribution in [0.15, 0.2) is 18.2 Å². The van der Waals surface area contributed by atoms with Crippen molar-refractivity contribution < 1.29 is 4.79 Å². The molecule has 0 heterocycles. The summed E-state index contributed by atoms with van der Waals surface area (Å²) in [5.41, 5.74) is 1.01. The molecule has 0 fully saturated rings. The lowest BCUT2D eigenvalue weighted by atomic mass is 9.79. The third-order valence-electron chi connectivity index (χ3n) is 3.41. The summed E-state index contributed by atoms with van der Waals surface area (Å²) in [6.45, 7) is 8.57.